The van der Waals surface area contributed by atoms with E-state index in [0.29, 0.717) is 6.42 Å². The highest BCUT2D eigenvalue weighted by molar-refractivity contribution is 5.85. The van der Waals surface area contributed by atoms with E-state index in [2.05, 4.69) is 0 Å². The third-order valence-corrected chi connectivity index (χ3v) is 1.66. The molecule has 0 aromatic heterocycles. The molecule has 1 rings (SSSR count). The summed E-state index contributed by atoms with van der Waals surface area (Å²) < 4.78 is 0. The van der Waals surface area contributed by atoms with Crippen molar-refractivity contribution in [2.75, 3.05) is 0 Å². The molecule has 13 heavy (non-hydrogen) atoms. The normalized spacial score (nSPS) is 11.5. The number of hydrogen-bond acceptors (Lipinski definition) is 2. The number of rotatable bonds is 3. The first-order valence-corrected chi connectivity index (χ1v) is 3.79. The Labute approximate surface area is 83.5 Å². The molecule has 0 saturated heterocycles. The topological polar surface area (TPSA) is 69.1 Å². The zero-order valence-corrected chi connectivity index (χ0v) is 7.96. The summed E-state index contributed by atoms with van der Waals surface area (Å²) in [5.74, 6) is -0.459. The molecule has 1 amide bonds. The predicted molar refractivity (Wildman–Crippen MR) is 54.6 cm³/mol. The van der Waals surface area contributed by atoms with Crippen molar-refractivity contribution in [1.29, 1.82) is 0 Å². The van der Waals surface area contributed by atoms with E-state index in [1.165, 1.54) is 0 Å². The molecule has 1 unspecified atom stereocenters. The van der Waals surface area contributed by atoms with Gasteiger partial charge in [-0.05, 0) is 12.0 Å². The van der Waals surface area contributed by atoms with E-state index < -0.39 is 11.9 Å². The summed E-state index contributed by atoms with van der Waals surface area (Å²) in [6.07, 6.45) is 0.510. The van der Waals surface area contributed by atoms with Crippen LogP contribution in [-0.2, 0) is 11.2 Å². The van der Waals surface area contributed by atoms with Gasteiger partial charge in [-0.3, -0.25) is 4.79 Å². The lowest BCUT2D eigenvalue weighted by atomic mass is 10.1. The van der Waals surface area contributed by atoms with E-state index in [4.69, 9.17) is 11.5 Å². The van der Waals surface area contributed by atoms with E-state index in [1.54, 1.807) is 0 Å². The number of amides is 1. The molecule has 0 spiro atoms. The maximum absolute atomic E-state index is 10.6. The lowest BCUT2D eigenvalue weighted by Gasteiger charge is -2.06. The Balaban J connectivity index is 0.00000144. The number of carbonyl (C=O) groups excluding carboxylic acids is 1. The fraction of sp³-hybridized carbons (Fsp3) is 0.222. The SMILES string of the molecule is Cl.NC(=O)C(N)Cc1ccccc1. The first kappa shape index (κ1) is 11.9. The largest absolute Gasteiger partial charge is 0.368 e. The second-order valence-electron chi connectivity index (χ2n) is 2.70. The summed E-state index contributed by atoms with van der Waals surface area (Å²) in [5, 5.41) is 0. The summed E-state index contributed by atoms with van der Waals surface area (Å²) >= 11 is 0. The van der Waals surface area contributed by atoms with Crippen LogP contribution in [-0.4, -0.2) is 11.9 Å². The van der Waals surface area contributed by atoms with E-state index in [0.717, 1.165) is 5.56 Å². The van der Waals surface area contributed by atoms with Crippen molar-refractivity contribution >= 4 is 18.3 Å². The number of hydrogen-bond donors (Lipinski definition) is 2. The monoisotopic (exact) mass is 200 g/mol. The Hall–Kier alpha value is -1.06. The lowest BCUT2D eigenvalue weighted by molar-refractivity contribution is -0.119. The maximum Gasteiger partial charge on any atom is 0.234 e. The van der Waals surface area contributed by atoms with Gasteiger partial charge in [-0.15, -0.1) is 12.4 Å². The van der Waals surface area contributed by atoms with Crippen LogP contribution in [0.4, 0.5) is 0 Å². The Morgan fingerprint density at radius 3 is 2.31 bits per heavy atom. The van der Waals surface area contributed by atoms with E-state index in [-0.39, 0.29) is 12.4 Å². The summed E-state index contributed by atoms with van der Waals surface area (Å²) in [6, 6.07) is 8.99. The van der Waals surface area contributed by atoms with E-state index in [9.17, 15) is 4.79 Å². The maximum atomic E-state index is 10.6. The second-order valence-corrected chi connectivity index (χ2v) is 2.70. The highest BCUT2D eigenvalue weighted by atomic mass is 35.5. The summed E-state index contributed by atoms with van der Waals surface area (Å²) in [6.45, 7) is 0. The lowest BCUT2D eigenvalue weighted by Crippen LogP contribution is -2.38. The van der Waals surface area contributed by atoms with Gasteiger partial charge in [0.1, 0.15) is 0 Å². The van der Waals surface area contributed by atoms with Crippen LogP contribution in [0.2, 0.25) is 0 Å². The van der Waals surface area contributed by atoms with Gasteiger partial charge >= 0.3 is 0 Å². The van der Waals surface area contributed by atoms with Crippen LogP contribution in [0.1, 0.15) is 5.56 Å². The number of primary amides is 1. The first-order valence-electron chi connectivity index (χ1n) is 3.79. The fourth-order valence-corrected chi connectivity index (χ4v) is 0.969. The van der Waals surface area contributed by atoms with Gasteiger partial charge in [-0.1, -0.05) is 30.3 Å². The predicted octanol–water partition coefficient (Wildman–Crippen LogP) is 0.463. The number of benzene rings is 1. The van der Waals surface area contributed by atoms with Crippen molar-refractivity contribution in [3.05, 3.63) is 35.9 Å². The molecule has 1 aromatic carbocycles. The number of halogens is 1. The van der Waals surface area contributed by atoms with Crippen molar-refractivity contribution in [1.82, 2.24) is 0 Å². The minimum atomic E-state index is -0.576. The molecule has 3 nitrogen and oxygen atoms in total. The standard InChI is InChI=1S/C9H12N2O.ClH/c10-8(9(11)12)6-7-4-2-1-3-5-7;/h1-5,8H,6,10H2,(H2,11,12);1H. The molecule has 1 aromatic rings. The highest BCUT2D eigenvalue weighted by Crippen LogP contribution is 2.00. The Kier molecular flexibility index (Phi) is 5.11. The van der Waals surface area contributed by atoms with Crippen LogP contribution >= 0.6 is 12.4 Å². The number of nitrogens with two attached hydrogens (primary N) is 2. The molecule has 0 heterocycles. The van der Waals surface area contributed by atoms with Gasteiger partial charge in [0.25, 0.3) is 0 Å². The molecule has 0 aliphatic carbocycles. The van der Waals surface area contributed by atoms with Crippen molar-refractivity contribution in [3.63, 3.8) is 0 Å². The molecular formula is C9H13ClN2O. The Morgan fingerprint density at radius 2 is 1.85 bits per heavy atom. The Morgan fingerprint density at radius 1 is 1.31 bits per heavy atom. The molecule has 1 atom stereocenters. The van der Waals surface area contributed by atoms with E-state index in [1.807, 2.05) is 30.3 Å². The quantitative estimate of drug-likeness (QED) is 0.745. The van der Waals surface area contributed by atoms with Crippen LogP contribution < -0.4 is 11.5 Å². The zero-order chi connectivity index (χ0) is 8.97. The highest BCUT2D eigenvalue weighted by Gasteiger charge is 2.08. The second kappa shape index (κ2) is 5.56. The summed E-state index contributed by atoms with van der Waals surface area (Å²) in [7, 11) is 0. The van der Waals surface area contributed by atoms with E-state index >= 15 is 0 Å². The van der Waals surface area contributed by atoms with Gasteiger partial charge in [0.2, 0.25) is 5.91 Å². The van der Waals surface area contributed by atoms with Gasteiger partial charge in [0.05, 0.1) is 6.04 Å². The van der Waals surface area contributed by atoms with Crippen molar-refractivity contribution in [2.45, 2.75) is 12.5 Å². The average Bonchev–Trinajstić information content (AvgIpc) is 2.06. The van der Waals surface area contributed by atoms with Gasteiger partial charge in [0, 0.05) is 0 Å². The van der Waals surface area contributed by atoms with Gasteiger partial charge < -0.3 is 11.5 Å². The van der Waals surface area contributed by atoms with Gasteiger partial charge in [-0.25, -0.2) is 0 Å². The van der Waals surface area contributed by atoms with Crippen LogP contribution in [0.25, 0.3) is 0 Å². The molecule has 0 bridgehead atoms. The van der Waals surface area contributed by atoms with Crippen molar-refractivity contribution in [3.8, 4) is 0 Å². The minimum Gasteiger partial charge on any atom is -0.368 e. The van der Waals surface area contributed by atoms with Crippen LogP contribution in [0.5, 0.6) is 0 Å². The van der Waals surface area contributed by atoms with Crippen LogP contribution in [0.3, 0.4) is 0 Å². The van der Waals surface area contributed by atoms with Crippen LogP contribution in [0, 0.1) is 0 Å². The molecule has 4 N–H and O–H groups in total. The molecule has 0 aliphatic heterocycles. The molecule has 0 saturated carbocycles. The minimum absolute atomic E-state index is 0. The van der Waals surface area contributed by atoms with Crippen LogP contribution in [0.15, 0.2) is 30.3 Å². The fourth-order valence-electron chi connectivity index (χ4n) is 0.969. The first-order chi connectivity index (χ1) is 5.70. The van der Waals surface area contributed by atoms with Crippen molar-refractivity contribution < 1.29 is 4.79 Å². The molecule has 4 heteroatoms. The third kappa shape index (κ3) is 3.92. The van der Waals surface area contributed by atoms with Crippen molar-refractivity contribution in [2.24, 2.45) is 11.5 Å². The third-order valence-electron chi connectivity index (χ3n) is 1.66. The Bertz CT molecular complexity index is 264. The molecule has 0 fully saturated rings. The molecular weight excluding hydrogens is 188 g/mol. The smallest absolute Gasteiger partial charge is 0.234 e. The summed E-state index contributed by atoms with van der Waals surface area (Å²) in [5.41, 5.74) is 11.5. The van der Waals surface area contributed by atoms with Gasteiger partial charge in [-0.2, -0.15) is 0 Å². The van der Waals surface area contributed by atoms with Gasteiger partial charge in [0.15, 0.2) is 0 Å². The average molecular weight is 201 g/mol. The summed E-state index contributed by atoms with van der Waals surface area (Å²) in [4.78, 5) is 10.6. The molecule has 0 aliphatic rings. The number of carbonyl (C=O) groups is 1. The molecule has 0 radical (unpaired) electrons. The molecule has 72 valence electrons. The zero-order valence-electron chi connectivity index (χ0n) is 7.14.